The van der Waals surface area contributed by atoms with Crippen LogP contribution in [0.25, 0.3) is 11.1 Å². The molecule has 1 unspecified atom stereocenters. The zero-order chi connectivity index (χ0) is 15.2. The van der Waals surface area contributed by atoms with Crippen molar-refractivity contribution in [2.75, 3.05) is 0 Å². The van der Waals surface area contributed by atoms with Crippen molar-refractivity contribution in [1.29, 1.82) is 0 Å². The summed E-state index contributed by atoms with van der Waals surface area (Å²) in [4.78, 5) is 0. The number of hydrogen-bond acceptors (Lipinski definition) is 0. The quantitative estimate of drug-likeness (QED) is 0.562. The van der Waals surface area contributed by atoms with Gasteiger partial charge in [0, 0.05) is 10.6 Å². The van der Waals surface area contributed by atoms with E-state index in [-0.39, 0.29) is 0 Å². The summed E-state index contributed by atoms with van der Waals surface area (Å²) in [5.74, 6) is 1.52. The van der Waals surface area contributed by atoms with Gasteiger partial charge in [-0.05, 0) is 35.4 Å². The van der Waals surface area contributed by atoms with Gasteiger partial charge in [0.05, 0.1) is 0 Å². The fourth-order valence-electron chi connectivity index (χ4n) is 2.68. The zero-order valence-electron chi connectivity index (χ0n) is 13.3. The Morgan fingerprint density at radius 2 is 1.67 bits per heavy atom. The van der Waals surface area contributed by atoms with E-state index in [0.717, 1.165) is 28.8 Å². The van der Waals surface area contributed by atoms with Gasteiger partial charge in [0.1, 0.15) is 0 Å². The van der Waals surface area contributed by atoms with E-state index in [2.05, 4.69) is 51.1 Å². The maximum atomic E-state index is 6.30. The van der Waals surface area contributed by atoms with Gasteiger partial charge in [-0.2, -0.15) is 0 Å². The summed E-state index contributed by atoms with van der Waals surface area (Å²) >= 11 is 6.30. The predicted molar refractivity (Wildman–Crippen MR) is 93.8 cm³/mol. The first-order chi connectivity index (χ1) is 10.1. The molecule has 0 saturated carbocycles. The van der Waals surface area contributed by atoms with E-state index in [4.69, 9.17) is 11.6 Å². The van der Waals surface area contributed by atoms with Gasteiger partial charge in [-0.3, -0.25) is 0 Å². The van der Waals surface area contributed by atoms with Crippen molar-refractivity contribution in [2.45, 2.75) is 40.0 Å². The molecule has 21 heavy (non-hydrogen) atoms. The average Bonchev–Trinajstić information content (AvgIpc) is 2.46. The SMILES string of the molecule is CC(C)CCC(C)Cc1cccc(-c2ccccc2Cl)c1. The molecule has 1 atom stereocenters. The average molecular weight is 301 g/mol. The van der Waals surface area contributed by atoms with Crippen LogP contribution < -0.4 is 0 Å². The van der Waals surface area contributed by atoms with Crippen LogP contribution in [0.15, 0.2) is 48.5 Å². The third kappa shape index (κ3) is 4.89. The van der Waals surface area contributed by atoms with E-state index in [1.54, 1.807) is 0 Å². The molecule has 0 nitrogen and oxygen atoms in total. The summed E-state index contributed by atoms with van der Waals surface area (Å²) in [6.45, 7) is 6.94. The minimum Gasteiger partial charge on any atom is -0.0837 e. The number of benzene rings is 2. The zero-order valence-corrected chi connectivity index (χ0v) is 14.0. The molecule has 0 spiro atoms. The smallest absolute Gasteiger partial charge is 0.0484 e. The van der Waals surface area contributed by atoms with Gasteiger partial charge in [0.15, 0.2) is 0 Å². The highest BCUT2D eigenvalue weighted by molar-refractivity contribution is 6.33. The minimum atomic E-state index is 0.730. The van der Waals surface area contributed by atoms with Crippen LogP contribution in [0, 0.1) is 11.8 Å². The second-order valence-electron chi connectivity index (χ2n) is 6.46. The first-order valence-corrected chi connectivity index (χ1v) is 8.28. The first kappa shape index (κ1) is 16.1. The van der Waals surface area contributed by atoms with Crippen molar-refractivity contribution in [3.05, 3.63) is 59.1 Å². The Labute approximate surface area is 134 Å². The van der Waals surface area contributed by atoms with Crippen molar-refractivity contribution >= 4 is 11.6 Å². The Balaban J connectivity index is 2.10. The summed E-state index contributed by atoms with van der Waals surface area (Å²) in [7, 11) is 0. The fourth-order valence-corrected chi connectivity index (χ4v) is 2.93. The highest BCUT2D eigenvalue weighted by atomic mass is 35.5. The topological polar surface area (TPSA) is 0 Å². The lowest BCUT2D eigenvalue weighted by Crippen LogP contribution is -2.02. The molecular formula is C20H25Cl. The molecule has 0 bridgehead atoms. The van der Waals surface area contributed by atoms with Crippen LogP contribution in [-0.4, -0.2) is 0 Å². The van der Waals surface area contributed by atoms with E-state index in [9.17, 15) is 0 Å². The molecule has 0 aliphatic carbocycles. The Kier molecular flexibility index (Phi) is 5.87. The molecule has 0 aliphatic rings. The van der Waals surface area contributed by atoms with Crippen LogP contribution in [0.5, 0.6) is 0 Å². The van der Waals surface area contributed by atoms with Crippen molar-refractivity contribution in [3.8, 4) is 11.1 Å². The van der Waals surface area contributed by atoms with Crippen LogP contribution in [0.2, 0.25) is 5.02 Å². The lowest BCUT2D eigenvalue weighted by Gasteiger charge is -2.14. The molecule has 0 saturated heterocycles. The molecule has 2 rings (SSSR count). The van der Waals surface area contributed by atoms with Crippen LogP contribution in [0.3, 0.4) is 0 Å². The van der Waals surface area contributed by atoms with E-state index >= 15 is 0 Å². The van der Waals surface area contributed by atoms with E-state index in [1.807, 2.05) is 18.2 Å². The minimum absolute atomic E-state index is 0.730. The number of rotatable bonds is 6. The van der Waals surface area contributed by atoms with Gasteiger partial charge >= 0.3 is 0 Å². The van der Waals surface area contributed by atoms with Gasteiger partial charge in [-0.25, -0.2) is 0 Å². The first-order valence-electron chi connectivity index (χ1n) is 7.90. The van der Waals surface area contributed by atoms with E-state index < -0.39 is 0 Å². The standard InChI is InChI=1S/C20H25Cl/c1-15(2)11-12-16(3)13-17-7-6-8-18(14-17)19-9-4-5-10-20(19)21/h4-10,14-16H,11-13H2,1-3H3. The molecule has 1 heteroatoms. The van der Waals surface area contributed by atoms with Gasteiger partial charge in [0.2, 0.25) is 0 Å². The highest BCUT2D eigenvalue weighted by Crippen LogP contribution is 2.28. The van der Waals surface area contributed by atoms with Crippen LogP contribution >= 0.6 is 11.6 Å². The molecule has 0 aromatic heterocycles. The van der Waals surface area contributed by atoms with Crippen LogP contribution in [0.1, 0.15) is 39.2 Å². The lowest BCUT2D eigenvalue weighted by molar-refractivity contribution is 0.448. The summed E-state index contributed by atoms with van der Waals surface area (Å²) in [6.07, 6.45) is 3.75. The van der Waals surface area contributed by atoms with Crippen molar-refractivity contribution in [3.63, 3.8) is 0 Å². The number of halogens is 1. The van der Waals surface area contributed by atoms with Crippen LogP contribution in [-0.2, 0) is 6.42 Å². The predicted octanol–water partition coefficient (Wildman–Crippen LogP) is 6.62. The highest BCUT2D eigenvalue weighted by Gasteiger charge is 2.07. The van der Waals surface area contributed by atoms with Gasteiger partial charge in [-0.1, -0.05) is 87.7 Å². The summed E-state index contributed by atoms with van der Waals surface area (Å²) < 4.78 is 0. The van der Waals surface area contributed by atoms with E-state index in [1.165, 1.54) is 24.0 Å². The maximum absolute atomic E-state index is 6.30. The molecule has 0 amide bonds. The second-order valence-corrected chi connectivity index (χ2v) is 6.87. The van der Waals surface area contributed by atoms with Crippen molar-refractivity contribution in [2.24, 2.45) is 11.8 Å². The largest absolute Gasteiger partial charge is 0.0837 e. The third-order valence-corrected chi connectivity index (χ3v) is 4.26. The van der Waals surface area contributed by atoms with Crippen molar-refractivity contribution < 1.29 is 0 Å². The molecule has 112 valence electrons. The third-order valence-electron chi connectivity index (χ3n) is 3.93. The molecular weight excluding hydrogens is 276 g/mol. The maximum Gasteiger partial charge on any atom is 0.0484 e. The molecule has 0 heterocycles. The van der Waals surface area contributed by atoms with E-state index in [0.29, 0.717) is 0 Å². The second kappa shape index (κ2) is 7.66. The molecule has 0 fully saturated rings. The Bertz CT molecular complexity index is 572. The van der Waals surface area contributed by atoms with Gasteiger partial charge in [0.25, 0.3) is 0 Å². The molecule has 0 aliphatic heterocycles. The van der Waals surface area contributed by atoms with Gasteiger partial charge in [-0.15, -0.1) is 0 Å². The summed E-state index contributed by atoms with van der Waals surface area (Å²) in [5.41, 5.74) is 3.74. The summed E-state index contributed by atoms with van der Waals surface area (Å²) in [5, 5.41) is 0.822. The Hall–Kier alpha value is -1.27. The lowest BCUT2D eigenvalue weighted by atomic mass is 9.92. The fraction of sp³-hybridized carbons (Fsp3) is 0.400. The van der Waals surface area contributed by atoms with Gasteiger partial charge < -0.3 is 0 Å². The normalized spacial score (nSPS) is 12.6. The van der Waals surface area contributed by atoms with Crippen LogP contribution in [0.4, 0.5) is 0 Å². The molecule has 2 aromatic rings. The molecule has 0 N–H and O–H groups in total. The summed E-state index contributed by atoms with van der Waals surface area (Å²) in [6, 6.07) is 16.9. The molecule has 0 radical (unpaired) electrons. The monoisotopic (exact) mass is 300 g/mol. The molecule has 2 aromatic carbocycles. The Morgan fingerprint density at radius 3 is 2.38 bits per heavy atom. The number of hydrogen-bond donors (Lipinski definition) is 0. The Morgan fingerprint density at radius 1 is 0.905 bits per heavy atom. The van der Waals surface area contributed by atoms with Crippen molar-refractivity contribution in [1.82, 2.24) is 0 Å².